The molecular formula is C24H21BrO6. The van der Waals surface area contributed by atoms with Crippen LogP contribution in [0.5, 0.6) is 11.5 Å². The van der Waals surface area contributed by atoms with Gasteiger partial charge in [0.2, 0.25) is 0 Å². The summed E-state index contributed by atoms with van der Waals surface area (Å²) in [4.78, 5) is 24.2. The summed E-state index contributed by atoms with van der Waals surface area (Å²) in [6.45, 7) is 0.163. The minimum Gasteiger partial charge on any atom is -0.481 e. The number of carbonyl (C=O) groups excluding carboxylic acids is 2. The number of methoxy groups -OCH3 is 1. The van der Waals surface area contributed by atoms with Crippen LogP contribution in [0.15, 0.2) is 77.3 Å². The lowest BCUT2D eigenvalue weighted by molar-refractivity contribution is -0.136. The van der Waals surface area contributed by atoms with Crippen molar-refractivity contribution >= 4 is 27.9 Å². The number of rotatable bonds is 9. The van der Waals surface area contributed by atoms with Crippen LogP contribution in [0.25, 0.3) is 11.1 Å². The van der Waals surface area contributed by atoms with Gasteiger partial charge in [-0.3, -0.25) is 0 Å². The summed E-state index contributed by atoms with van der Waals surface area (Å²) in [5.74, 6) is -0.363. The van der Waals surface area contributed by atoms with E-state index in [9.17, 15) is 9.59 Å². The average molecular weight is 485 g/mol. The average Bonchev–Trinajstić information content (AvgIpc) is 2.79. The van der Waals surface area contributed by atoms with E-state index in [0.717, 1.165) is 15.6 Å². The van der Waals surface area contributed by atoms with Crippen LogP contribution in [0.4, 0.5) is 0 Å². The van der Waals surface area contributed by atoms with Crippen molar-refractivity contribution < 1.29 is 28.5 Å². The van der Waals surface area contributed by atoms with Crippen molar-refractivity contribution in [3.63, 3.8) is 0 Å². The van der Waals surface area contributed by atoms with Crippen LogP contribution in [0.1, 0.15) is 10.4 Å². The minimum absolute atomic E-state index is 0.144. The summed E-state index contributed by atoms with van der Waals surface area (Å²) < 4.78 is 21.5. The molecule has 3 rings (SSSR count). The van der Waals surface area contributed by atoms with Gasteiger partial charge in [-0.25, -0.2) is 9.59 Å². The van der Waals surface area contributed by atoms with E-state index in [-0.39, 0.29) is 24.5 Å². The number of ether oxygens (including phenoxy) is 4. The zero-order valence-corrected chi connectivity index (χ0v) is 18.5. The van der Waals surface area contributed by atoms with Crippen LogP contribution in [-0.4, -0.2) is 38.9 Å². The van der Waals surface area contributed by atoms with E-state index >= 15 is 0 Å². The molecule has 0 spiro atoms. The molecule has 0 saturated carbocycles. The molecule has 0 amide bonds. The van der Waals surface area contributed by atoms with Gasteiger partial charge in [0.25, 0.3) is 0 Å². The molecule has 3 aromatic carbocycles. The molecule has 3 aromatic rings. The first kappa shape index (κ1) is 22.5. The molecule has 0 saturated heterocycles. The highest BCUT2D eigenvalue weighted by atomic mass is 79.9. The molecule has 0 unspecified atom stereocenters. The highest BCUT2D eigenvalue weighted by molar-refractivity contribution is 9.10. The molecule has 0 aromatic heterocycles. The maximum absolute atomic E-state index is 12.2. The molecule has 0 atom stereocenters. The van der Waals surface area contributed by atoms with Crippen molar-refractivity contribution in [2.45, 2.75) is 0 Å². The Kier molecular flexibility index (Phi) is 8.20. The molecule has 0 aliphatic heterocycles. The predicted molar refractivity (Wildman–Crippen MR) is 119 cm³/mol. The lowest BCUT2D eigenvalue weighted by Gasteiger charge is -2.10. The summed E-state index contributed by atoms with van der Waals surface area (Å²) in [7, 11) is 1.52. The van der Waals surface area contributed by atoms with Gasteiger partial charge in [-0.15, -0.1) is 0 Å². The lowest BCUT2D eigenvalue weighted by Crippen LogP contribution is -2.18. The summed E-state index contributed by atoms with van der Waals surface area (Å²) in [5, 5.41) is 0. The monoisotopic (exact) mass is 484 g/mol. The SMILES string of the molecule is COCCOC(=O)c1cccc(OC(=O)COc2ccc(-c3ccccc3)cc2Br)c1. The van der Waals surface area contributed by atoms with Crippen LogP contribution in [0.2, 0.25) is 0 Å². The number of hydrogen-bond acceptors (Lipinski definition) is 6. The van der Waals surface area contributed by atoms with Gasteiger partial charge in [0, 0.05) is 7.11 Å². The number of halogens is 1. The van der Waals surface area contributed by atoms with E-state index in [1.807, 2.05) is 42.5 Å². The van der Waals surface area contributed by atoms with Crippen LogP contribution in [-0.2, 0) is 14.3 Å². The predicted octanol–water partition coefficient (Wildman–Crippen LogP) is 4.90. The fourth-order valence-corrected chi connectivity index (χ4v) is 3.21. The Morgan fingerprint density at radius 3 is 2.42 bits per heavy atom. The molecule has 7 heteroatoms. The van der Waals surface area contributed by atoms with Crippen LogP contribution in [0.3, 0.4) is 0 Å². The van der Waals surface area contributed by atoms with E-state index in [4.69, 9.17) is 18.9 Å². The summed E-state index contributed by atoms with van der Waals surface area (Å²) in [5.41, 5.74) is 2.38. The van der Waals surface area contributed by atoms with Gasteiger partial charge in [-0.1, -0.05) is 42.5 Å². The molecule has 31 heavy (non-hydrogen) atoms. The third-order valence-electron chi connectivity index (χ3n) is 4.21. The molecule has 6 nitrogen and oxygen atoms in total. The molecule has 0 fully saturated rings. The van der Waals surface area contributed by atoms with Crippen molar-refractivity contribution in [3.05, 3.63) is 82.8 Å². The van der Waals surface area contributed by atoms with Gasteiger partial charge >= 0.3 is 11.9 Å². The van der Waals surface area contributed by atoms with Crippen molar-refractivity contribution in [1.82, 2.24) is 0 Å². The van der Waals surface area contributed by atoms with E-state index in [0.29, 0.717) is 12.4 Å². The molecular weight excluding hydrogens is 464 g/mol. The van der Waals surface area contributed by atoms with Gasteiger partial charge in [0.15, 0.2) is 6.61 Å². The Balaban J connectivity index is 1.56. The normalized spacial score (nSPS) is 10.4. The van der Waals surface area contributed by atoms with Gasteiger partial charge in [0.05, 0.1) is 16.6 Å². The first-order valence-electron chi connectivity index (χ1n) is 9.51. The number of carbonyl (C=O) groups is 2. The molecule has 0 bridgehead atoms. The van der Waals surface area contributed by atoms with Crippen molar-refractivity contribution in [3.8, 4) is 22.6 Å². The van der Waals surface area contributed by atoms with E-state index in [2.05, 4.69) is 15.9 Å². The van der Waals surface area contributed by atoms with Crippen LogP contribution < -0.4 is 9.47 Å². The van der Waals surface area contributed by atoms with Gasteiger partial charge < -0.3 is 18.9 Å². The van der Waals surface area contributed by atoms with Crippen molar-refractivity contribution in [2.24, 2.45) is 0 Å². The standard InChI is InChI=1S/C24H21BrO6/c1-28-12-13-29-24(27)19-8-5-9-20(14-19)31-23(26)16-30-22-11-10-18(15-21(22)25)17-6-3-2-4-7-17/h2-11,14-15H,12-13,16H2,1H3. The number of benzene rings is 3. The largest absolute Gasteiger partial charge is 0.481 e. The van der Waals surface area contributed by atoms with E-state index < -0.39 is 11.9 Å². The smallest absolute Gasteiger partial charge is 0.349 e. The highest BCUT2D eigenvalue weighted by Crippen LogP contribution is 2.30. The third kappa shape index (κ3) is 6.67. The molecule has 0 radical (unpaired) electrons. The Labute approximate surface area is 188 Å². The van der Waals surface area contributed by atoms with Crippen molar-refractivity contribution in [1.29, 1.82) is 0 Å². The second-order valence-electron chi connectivity index (χ2n) is 6.43. The Hall–Kier alpha value is -3.16. The second kappa shape index (κ2) is 11.3. The number of hydrogen-bond donors (Lipinski definition) is 0. The summed E-state index contributed by atoms with van der Waals surface area (Å²) in [6.07, 6.45) is 0. The Morgan fingerprint density at radius 2 is 1.68 bits per heavy atom. The summed E-state index contributed by atoms with van der Waals surface area (Å²) >= 11 is 3.48. The lowest BCUT2D eigenvalue weighted by atomic mass is 10.1. The maximum Gasteiger partial charge on any atom is 0.349 e. The Morgan fingerprint density at radius 1 is 0.871 bits per heavy atom. The fourth-order valence-electron chi connectivity index (χ4n) is 2.71. The van der Waals surface area contributed by atoms with Gasteiger partial charge in [-0.2, -0.15) is 0 Å². The van der Waals surface area contributed by atoms with Gasteiger partial charge in [-0.05, 0) is 57.4 Å². The quantitative estimate of drug-likeness (QED) is 0.244. The minimum atomic E-state index is -0.594. The van der Waals surface area contributed by atoms with Crippen LogP contribution in [0, 0.1) is 0 Å². The fraction of sp³-hybridized carbons (Fsp3) is 0.167. The van der Waals surface area contributed by atoms with Gasteiger partial charge in [0.1, 0.15) is 18.1 Å². The highest BCUT2D eigenvalue weighted by Gasteiger charge is 2.12. The zero-order valence-electron chi connectivity index (χ0n) is 16.9. The van der Waals surface area contributed by atoms with Crippen LogP contribution >= 0.6 is 15.9 Å². The molecule has 160 valence electrons. The summed E-state index contributed by atoms with van der Waals surface area (Å²) in [6, 6.07) is 21.8. The Bertz CT molecular complexity index is 1040. The first-order chi connectivity index (χ1) is 15.1. The number of esters is 2. The molecule has 0 N–H and O–H groups in total. The van der Waals surface area contributed by atoms with Crippen molar-refractivity contribution in [2.75, 3.05) is 26.9 Å². The van der Waals surface area contributed by atoms with E-state index in [1.165, 1.54) is 13.2 Å². The maximum atomic E-state index is 12.2. The molecule has 0 aliphatic rings. The van der Waals surface area contributed by atoms with E-state index in [1.54, 1.807) is 24.3 Å². The third-order valence-corrected chi connectivity index (χ3v) is 4.83. The molecule has 0 heterocycles. The second-order valence-corrected chi connectivity index (χ2v) is 7.28. The molecule has 0 aliphatic carbocycles. The first-order valence-corrected chi connectivity index (χ1v) is 10.3. The zero-order chi connectivity index (χ0) is 22.1. The topological polar surface area (TPSA) is 71.1 Å².